The molecule has 0 saturated carbocycles. The summed E-state index contributed by atoms with van der Waals surface area (Å²) in [5, 5.41) is 12.3. The third-order valence-corrected chi connectivity index (χ3v) is 5.62. The number of rotatable bonds is 7. The maximum absolute atomic E-state index is 13.1. The Morgan fingerprint density at radius 1 is 1.00 bits per heavy atom. The number of carbonyl (C=O) groups excluding carboxylic acids is 2. The van der Waals surface area contributed by atoms with Crippen LogP contribution in [0, 0.1) is 5.41 Å². The molecule has 1 atom stereocenters. The number of carboxylic acid groups (broad SMARTS) is 1. The number of amides is 3. The highest BCUT2D eigenvalue weighted by Crippen LogP contribution is 2.30. The number of urea groups is 1. The molecule has 9 nitrogen and oxygen atoms in total. The fourth-order valence-electron chi connectivity index (χ4n) is 3.12. The summed E-state index contributed by atoms with van der Waals surface area (Å²) < 4.78 is 5.42. The highest BCUT2D eigenvalue weighted by molar-refractivity contribution is 5.98. The van der Waals surface area contributed by atoms with Crippen LogP contribution in [0.4, 0.5) is 9.59 Å². The Labute approximate surface area is 203 Å². The Hall–Kier alpha value is -3.10. The Kier molecular flexibility index (Phi) is 9.66. The molecule has 3 amide bonds. The number of ether oxygens (including phenoxy) is 1. The highest BCUT2D eigenvalue weighted by atomic mass is 16.6. The van der Waals surface area contributed by atoms with E-state index in [1.54, 1.807) is 48.6 Å². The average molecular weight is 477 g/mol. The molecule has 0 aromatic heterocycles. The number of hydrogen-bond donors (Lipinski definition) is 2. The molecule has 1 aromatic carbocycles. The number of nitrogens with zero attached hydrogens (tertiary/aromatic N) is 3. The van der Waals surface area contributed by atoms with Gasteiger partial charge in [-0.05, 0) is 39.5 Å². The van der Waals surface area contributed by atoms with Crippen LogP contribution in [0.2, 0.25) is 0 Å². The Morgan fingerprint density at radius 2 is 1.56 bits per heavy atom. The van der Waals surface area contributed by atoms with Gasteiger partial charge in [-0.2, -0.15) is 0 Å². The molecular formula is C25H40N4O5. The molecule has 1 aromatic rings. The van der Waals surface area contributed by atoms with Crippen molar-refractivity contribution in [3.8, 4) is 0 Å². The third kappa shape index (κ3) is 7.74. The number of imide groups is 1. The summed E-state index contributed by atoms with van der Waals surface area (Å²) in [7, 11) is 3.59. The lowest BCUT2D eigenvalue weighted by Gasteiger charge is -2.39. The zero-order chi connectivity index (χ0) is 26.3. The van der Waals surface area contributed by atoms with Gasteiger partial charge < -0.3 is 20.1 Å². The van der Waals surface area contributed by atoms with E-state index in [0.717, 1.165) is 16.3 Å². The molecule has 0 aliphatic heterocycles. The number of carboxylic acids is 1. The molecule has 0 aliphatic carbocycles. The second-order valence-corrected chi connectivity index (χ2v) is 10.4. The Bertz CT molecular complexity index is 887. The first-order chi connectivity index (χ1) is 15.5. The molecule has 0 aliphatic rings. The van der Waals surface area contributed by atoms with Crippen LogP contribution in [0.3, 0.4) is 0 Å². The Balaban J connectivity index is 3.04. The monoisotopic (exact) mass is 476 g/mol. The molecule has 0 spiro atoms. The number of aliphatic carboxylic acids is 1. The van der Waals surface area contributed by atoms with Crippen molar-refractivity contribution in [1.29, 1.82) is 0 Å². The Morgan fingerprint density at radius 3 is 2.00 bits per heavy atom. The van der Waals surface area contributed by atoms with Crippen molar-refractivity contribution in [3.63, 3.8) is 0 Å². The van der Waals surface area contributed by atoms with Crippen LogP contribution >= 0.6 is 0 Å². The molecule has 0 radical (unpaired) electrons. The van der Waals surface area contributed by atoms with Gasteiger partial charge in [-0.15, -0.1) is 0 Å². The number of benzene rings is 1. The van der Waals surface area contributed by atoms with Crippen LogP contribution in [0.25, 0.3) is 0 Å². The van der Waals surface area contributed by atoms with Crippen LogP contribution in [0.15, 0.2) is 35.3 Å². The zero-order valence-electron chi connectivity index (χ0n) is 21.9. The normalized spacial score (nSPS) is 14.1. The van der Waals surface area contributed by atoms with Crippen molar-refractivity contribution in [3.05, 3.63) is 35.9 Å². The van der Waals surface area contributed by atoms with E-state index >= 15 is 0 Å². The number of hydrogen-bond acceptors (Lipinski definition) is 5. The van der Waals surface area contributed by atoms with Gasteiger partial charge in [0.2, 0.25) is 0 Å². The van der Waals surface area contributed by atoms with Crippen molar-refractivity contribution < 1.29 is 24.2 Å². The van der Waals surface area contributed by atoms with E-state index < -0.39 is 34.6 Å². The molecule has 34 heavy (non-hydrogen) atoms. The van der Waals surface area contributed by atoms with Gasteiger partial charge >= 0.3 is 18.1 Å². The van der Waals surface area contributed by atoms with Gasteiger partial charge in [-0.1, -0.05) is 51.1 Å². The van der Waals surface area contributed by atoms with Gasteiger partial charge in [0.1, 0.15) is 17.0 Å². The predicted octanol–water partition coefficient (Wildman–Crippen LogP) is 4.22. The van der Waals surface area contributed by atoms with Crippen LogP contribution in [0.5, 0.6) is 0 Å². The van der Waals surface area contributed by atoms with Gasteiger partial charge in [0.15, 0.2) is 0 Å². The SMILES string of the molecule is CN=C(c1ccccc1)N(C)CCCN(C(=O)N[C@@](C)(C(=O)O)C(C)(C)C)C(=O)OC(C)(C)C. The maximum Gasteiger partial charge on any atom is 0.418 e. The highest BCUT2D eigenvalue weighted by Gasteiger charge is 2.47. The van der Waals surface area contributed by atoms with Crippen molar-refractivity contribution >= 4 is 23.9 Å². The van der Waals surface area contributed by atoms with Crippen molar-refractivity contribution in [2.45, 2.75) is 66.0 Å². The molecule has 0 unspecified atom stereocenters. The zero-order valence-corrected chi connectivity index (χ0v) is 21.9. The van der Waals surface area contributed by atoms with Crippen LogP contribution in [-0.4, -0.2) is 77.2 Å². The van der Waals surface area contributed by atoms with Crippen LogP contribution < -0.4 is 5.32 Å². The second-order valence-electron chi connectivity index (χ2n) is 10.4. The quantitative estimate of drug-likeness (QED) is 0.450. The topological polar surface area (TPSA) is 112 Å². The summed E-state index contributed by atoms with van der Waals surface area (Å²) >= 11 is 0. The maximum atomic E-state index is 13.1. The van der Waals surface area contributed by atoms with E-state index in [0.29, 0.717) is 13.0 Å². The first-order valence-corrected chi connectivity index (χ1v) is 11.3. The van der Waals surface area contributed by atoms with Gasteiger partial charge in [0.05, 0.1) is 0 Å². The standard InChI is InChI=1S/C25H40N4O5/c1-23(2,3)25(7,20(30)31)27-21(32)29(22(33)34-24(4,5)6)17-13-16-28(9)19(26-8)18-14-11-10-12-15-18/h10-12,14-15H,13,16-17H2,1-9H3,(H,27,32)(H,30,31)/t25-/m0/s1. The van der Waals surface area contributed by atoms with E-state index in [4.69, 9.17) is 4.74 Å². The fourth-order valence-corrected chi connectivity index (χ4v) is 3.12. The van der Waals surface area contributed by atoms with E-state index in [1.807, 2.05) is 42.3 Å². The minimum absolute atomic E-state index is 0.0384. The lowest BCUT2D eigenvalue weighted by molar-refractivity contribution is -0.148. The summed E-state index contributed by atoms with van der Waals surface area (Å²) in [5.41, 5.74) is -2.27. The minimum atomic E-state index is -1.60. The summed E-state index contributed by atoms with van der Waals surface area (Å²) in [4.78, 5) is 45.2. The second kappa shape index (κ2) is 11.4. The molecule has 0 heterocycles. The lowest BCUT2D eigenvalue weighted by atomic mass is 9.75. The van der Waals surface area contributed by atoms with Crippen molar-refractivity contribution in [2.24, 2.45) is 10.4 Å². The van der Waals surface area contributed by atoms with E-state index in [-0.39, 0.29) is 6.54 Å². The summed E-state index contributed by atoms with van der Waals surface area (Å²) in [6.07, 6.45) is -0.407. The number of carbonyl (C=O) groups is 3. The van der Waals surface area contributed by atoms with Crippen LogP contribution in [0.1, 0.15) is 60.5 Å². The predicted molar refractivity (Wildman–Crippen MR) is 133 cm³/mol. The first kappa shape index (κ1) is 28.9. The van der Waals surface area contributed by atoms with E-state index in [2.05, 4.69) is 10.3 Å². The molecule has 0 bridgehead atoms. The molecule has 190 valence electrons. The number of amidine groups is 1. The summed E-state index contributed by atoms with van der Waals surface area (Å²) in [6, 6.07) is 8.88. The van der Waals surface area contributed by atoms with Gasteiger partial charge in [0, 0.05) is 32.7 Å². The third-order valence-electron chi connectivity index (χ3n) is 5.62. The molecule has 0 saturated heterocycles. The lowest BCUT2D eigenvalue weighted by Crippen LogP contribution is -2.63. The van der Waals surface area contributed by atoms with E-state index in [9.17, 15) is 19.5 Å². The molecule has 1 rings (SSSR count). The van der Waals surface area contributed by atoms with Crippen molar-refractivity contribution in [2.75, 3.05) is 27.2 Å². The summed E-state index contributed by atoms with van der Waals surface area (Å²) in [5.74, 6) is -0.413. The molecule has 2 N–H and O–H groups in total. The largest absolute Gasteiger partial charge is 0.479 e. The number of aliphatic imine (C=N–C) groups is 1. The molecule has 9 heteroatoms. The molecule has 0 fully saturated rings. The fraction of sp³-hybridized carbons (Fsp3) is 0.600. The first-order valence-electron chi connectivity index (χ1n) is 11.3. The van der Waals surface area contributed by atoms with Gasteiger partial charge in [-0.3, -0.25) is 4.99 Å². The van der Waals surface area contributed by atoms with Gasteiger partial charge in [-0.25, -0.2) is 19.3 Å². The summed E-state index contributed by atoms with van der Waals surface area (Å²) in [6.45, 7) is 12.2. The van der Waals surface area contributed by atoms with Gasteiger partial charge in [0.25, 0.3) is 0 Å². The smallest absolute Gasteiger partial charge is 0.418 e. The average Bonchev–Trinajstić information content (AvgIpc) is 2.70. The van der Waals surface area contributed by atoms with Crippen molar-refractivity contribution in [1.82, 2.24) is 15.1 Å². The minimum Gasteiger partial charge on any atom is -0.479 e. The number of nitrogens with one attached hydrogen (secondary N) is 1. The van der Waals surface area contributed by atoms with Crippen LogP contribution in [-0.2, 0) is 9.53 Å². The molecular weight excluding hydrogens is 436 g/mol. The van der Waals surface area contributed by atoms with E-state index in [1.165, 1.54) is 6.92 Å².